The zero-order chi connectivity index (χ0) is 20.7. The Kier molecular flexibility index (Phi) is 4.86. The second-order valence-electron chi connectivity index (χ2n) is 7.41. The van der Waals surface area contributed by atoms with Gasteiger partial charge >= 0.3 is 0 Å². The standard InChI is InChI=1S/C21H20N4O3S2/c26-20-17-8-4-5-9-18(17)30(27,28)25(20)12-13-29-21-23-22-19(16-10-11-16)24(21)14-15-6-2-1-3-7-15/h1-9,16H,10-14H2. The Morgan fingerprint density at radius 3 is 2.47 bits per heavy atom. The maximum Gasteiger partial charge on any atom is 0.269 e. The lowest BCUT2D eigenvalue weighted by atomic mass is 10.2. The van der Waals surface area contributed by atoms with Gasteiger partial charge in [-0.05, 0) is 30.5 Å². The van der Waals surface area contributed by atoms with Gasteiger partial charge < -0.3 is 4.57 Å². The van der Waals surface area contributed by atoms with Crippen molar-refractivity contribution in [3.63, 3.8) is 0 Å². The van der Waals surface area contributed by atoms with E-state index in [9.17, 15) is 13.2 Å². The fraction of sp³-hybridized carbons (Fsp3) is 0.286. The maximum atomic E-state index is 12.7. The van der Waals surface area contributed by atoms with Gasteiger partial charge in [-0.15, -0.1) is 10.2 Å². The SMILES string of the molecule is O=C1c2ccccc2S(=O)(=O)N1CCSc1nnc(C2CC2)n1Cc1ccccc1. The van der Waals surface area contributed by atoms with Crippen molar-refractivity contribution in [3.8, 4) is 0 Å². The Hall–Kier alpha value is -2.65. The second-order valence-corrected chi connectivity index (χ2v) is 10.3. The van der Waals surface area contributed by atoms with Crippen LogP contribution in [0.1, 0.15) is 40.5 Å². The van der Waals surface area contributed by atoms with E-state index in [0.717, 1.165) is 33.7 Å². The second kappa shape index (κ2) is 7.55. The molecule has 30 heavy (non-hydrogen) atoms. The van der Waals surface area contributed by atoms with E-state index in [1.165, 1.54) is 17.8 Å². The van der Waals surface area contributed by atoms with Crippen LogP contribution < -0.4 is 0 Å². The molecule has 2 aromatic carbocycles. The molecule has 0 spiro atoms. The van der Waals surface area contributed by atoms with E-state index in [4.69, 9.17) is 0 Å². The van der Waals surface area contributed by atoms with Crippen molar-refractivity contribution in [2.24, 2.45) is 0 Å². The van der Waals surface area contributed by atoms with Crippen LogP contribution in [-0.4, -0.2) is 45.7 Å². The summed E-state index contributed by atoms with van der Waals surface area (Å²) in [5.74, 6) is 1.39. The van der Waals surface area contributed by atoms with E-state index in [-0.39, 0.29) is 17.0 Å². The zero-order valence-electron chi connectivity index (χ0n) is 16.1. The van der Waals surface area contributed by atoms with Gasteiger partial charge in [0.15, 0.2) is 5.16 Å². The van der Waals surface area contributed by atoms with E-state index in [1.54, 1.807) is 18.2 Å². The van der Waals surface area contributed by atoms with Gasteiger partial charge in [-0.2, -0.15) is 0 Å². The summed E-state index contributed by atoms with van der Waals surface area (Å²) >= 11 is 1.43. The molecule has 2 aliphatic rings. The molecule has 0 saturated heterocycles. The molecule has 1 saturated carbocycles. The van der Waals surface area contributed by atoms with Gasteiger partial charge in [0.2, 0.25) is 0 Å². The smallest absolute Gasteiger partial charge is 0.269 e. The Balaban J connectivity index is 1.32. The molecule has 0 N–H and O–H groups in total. The monoisotopic (exact) mass is 440 g/mol. The van der Waals surface area contributed by atoms with Crippen LogP contribution in [0.2, 0.25) is 0 Å². The molecule has 3 aromatic rings. The first-order valence-corrected chi connectivity index (χ1v) is 12.2. The van der Waals surface area contributed by atoms with Gasteiger partial charge in [0.1, 0.15) is 10.7 Å². The summed E-state index contributed by atoms with van der Waals surface area (Å²) in [5, 5.41) is 9.50. The molecule has 0 bridgehead atoms. The third-order valence-electron chi connectivity index (χ3n) is 5.31. The largest absolute Gasteiger partial charge is 0.301 e. The van der Waals surface area contributed by atoms with E-state index in [0.29, 0.717) is 18.2 Å². The summed E-state index contributed by atoms with van der Waals surface area (Å²) in [7, 11) is -3.78. The number of carbonyl (C=O) groups excluding carboxylic acids is 1. The number of nitrogens with zero attached hydrogens (tertiary/aromatic N) is 4. The number of benzene rings is 2. The first-order valence-electron chi connectivity index (χ1n) is 9.81. The maximum absolute atomic E-state index is 12.7. The van der Waals surface area contributed by atoms with Gasteiger partial charge in [0.05, 0.1) is 12.1 Å². The van der Waals surface area contributed by atoms with Crippen LogP contribution in [-0.2, 0) is 16.6 Å². The van der Waals surface area contributed by atoms with Gasteiger partial charge in [0.25, 0.3) is 15.9 Å². The molecule has 7 nitrogen and oxygen atoms in total. The minimum atomic E-state index is -3.78. The highest BCUT2D eigenvalue weighted by Crippen LogP contribution is 2.40. The Bertz CT molecular complexity index is 1200. The van der Waals surface area contributed by atoms with Crippen molar-refractivity contribution in [1.82, 2.24) is 19.1 Å². The molecule has 0 atom stereocenters. The van der Waals surface area contributed by atoms with E-state index >= 15 is 0 Å². The summed E-state index contributed by atoms with van der Waals surface area (Å²) in [4.78, 5) is 12.7. The van der Waals surface area contributed by atoms with Crippen LogP contribution in [0, 0.1) is 0 Å². The fourth-order valence-corrected chi connectivity index (χ4v) is 6.19. The van der Waals surface area contributed by atoms with Crippen molar-refractivity contribution in [2.45, 2.75) is 35.4 Å². The highest BCUT2D eigenvalue weighted by Gasteiger charge is 2.40. The molecule has 0 radical (unpaired) electrons. The number of rotatable bonds is 7. The summed E-state index contributed by atoms with van der Waals surface area (Å²) in [6.45, 7) is 0.770. The predicted octanol–water partition coefficient (Wildman–Crippen LogP) is 3.14. The first kappa shape index (κ1) is 19.3. The number of fused-ring (bicyclic) bond motifs is 1. The highest BCUT2D eigenvalue weighted by atomic mass is 32.2. The number of thioether (sulfide) groups is 1. The lowest BCUT2D eigenvalue weighted by Gasteiger charge is -2.15. The van der Waals surface area contributed by atoms with Gasteiger partial charge in [-0.3, -0.25) is 4.79 Å². The molecule has 154 valence electrons. The number of carbonyl (C=O) groups is 1. The molecule has 5 rings (SSSR count). The molecule has 1 fully saturated rings. The van der Waals surface area contributed by atoms with Crippen LogP contribution in [0.15, 0.2) is 64.6 Å². The molecule has 1 aliphatic carbocycles. The third kappa shape index (κ3) is 3.41. The van der Waals surface area contributed by atoms with Crippen LogP contribution in [0.4, 0.5) is 0 Å². The Morgan fingerprint density at radius 2 is 1.73 bits per heavy atom. The highest BCUT2D eigenvalue weighted by molar-refractivity contribution is 7.99. The lowest BCUT2D eigenvalue weighted by Crippen LogP contribution is -2.32. The van der Waals surface area contributed by atoms with E-state index < -0.39 is 15.9 Å². The number of sulfonamides is 1. The summed E-state index contributed by atoms with van der Waals surface area (Å²) < 4.78 is 28.5. The quantitative estimate of drug-likeness (QED) is 0.525. The molecular weight excluding hydrogens is 420 g/mol. The third-order valence-corrected chi connectivity index (χ3v) is 8.10. The van der Waals surface area contributed by atoms with Crippen molar-refractivity contribution in [2.75, 3.05) is 12.3 Å². The molecule has 2 heterocycles. The zero-order valence-corrected chi connectivity index (χ0v) is 17.8. The fourth-order valence-electron chi connectivity index (χ4n) is 3.64. The molecular formula is C21H20N4O3S2. The molecule has 9 heteroatoms. The normalized spacial score (nSPS) is 17.3. The Morgan fingerprint density at radius 1 is 1.00 bits per heavy atom. The summed E-state index contributed by atoms with van der Waals surface area (Å²) in [5.41, 5.74) is 1.40. The molecule has 1 aliphatic heterocycles. The van der Waals surface area contributed by atoms with Crippen LogP contribution in [0.5, 0.6) is 0 Å². The van der Waals surface area contributed by atoms with Gasteiger partial charge in [-0.25, -0.2) is 12.7 Å². The van der Waals surface area contributed by atoms with E-state index in [2.05, 4.69) is 26.9 Å². The minimum absolute atomic E-state index is 0.0864. The Labute approximate surface area is 179 Å². The number of aromatic nitrogens is 3. The molecule has 1 aromatic heterocycles. The van der Waals surface area contributed by atoms with Gasteiger partial charge in [0, 0.05) is 18.2 Å². The van der Waals surface area contributed by atoms with Crippen molar-refractivity contribution in [3.05, 3.63) is 71.5 Å². The van der Waals surface area contributed by atoms with Crippen molar-refractivity contribution >= 4 is 27.7 Å². The van der Waals surface area contributed by atoms with Gasteiger partial charge in [-0.1, -0.05) is 54.2 Å². The average molecular weight is 441 g/mol. The number of hydrogen-bond acceptors (Lipinski definition) is 6. The predicted molar refractivity (Wildman–Crippen MR) is 113 cm³/mol. The first-order chi connectivity index (χ1) is 14.6. The van der Waals surface area contributed by atoms with Crippen molar-refractivity contribution in [1.29, 1.82) is 0 Å². The number of amides is 1. The lowest BCUT2D eigenvalue weighted by molar-refractivity contribution is 0.0876. The van der Waals surface area contributed by atoms with Crippen LogP contribution in [0.3, 0.4) is 0 Å². The molecule has 0 unspecified atom stereocenters. The minimum Gasteiger partial charge on any atom is -0.301 e. The van der Waals surface area contributed by atoms with Crippen LogP contribution >= 0.6 is 11.8 Å². The summed E-state index contributed by atoms with van der Waals surface area (Å²) in [6, 6.07) is 16.5. The summed E-state index contributed by atoms with van der Waals surface area (Å²) in [6.07, 6.45) is 2.24. The molecule has 1 amide bonds. The van der Waals surface area contributed by atoms with E-state index in [1.807, 2.05) is 18.2 Å². The average Bonchev–Trinajstić information content (AvgIpc) is 3.49. The van der Waals surface area contributed by atoms with Crippen molar-refractivity contribution < 1.29 is 13.2 Å². The van der Waals surface area contributed by atoms with Crippen LogP contribution in [0.25, 0.3) is 0 Å². The number of hydrogen-bond donors (Lipinski definition) is 0. The topological polar surface area (TPSA) is 85.2 Å².